The Hall–Kier alpha value is -7.05. The Labute approximate surface area is 290 Å². The van der Waals surface area contributed by atoms with Gasteiger partial charge in [-0.2, -0.15) is 0 Å². The number of rotatable bonds is 4. The highest BCUT2D eigenvalue weighted by atomic mass is 16.3. The van der Waals surface area contributed by atoms with E-state index in [1.54, 1.807) is 0 Å². The van der Waals surface area contributed by atoms with Crippen molar-refractivity contribution < 1.29 is 8.83 Å². The van der Waals surface area contributed by atoms with Gasteiger partial charge in [0.25, 0.3) is 0 Å². The van der Waals surface area contributed by atoms with Gasteiger partial charge in [-0.05, 0) is 48.5 Å². The molecule has 0 aliphatic heterocycles. The van der Waals surface area contributed by atoms with Gasteiger partial charge in [-0.25, -0.2) is 15.0 Å². The number of furan rings is 2. The van der Waals surface area contributed by atoms with E-state index in [9.17, 15) is 0 Å². The SMILES string of the molecule is c1ccc(-c2nc(-c3ccccc3)nc(-c3ccc4oc5c(ccc6oc7c(-n8c9ccccc9c9ccccc98)cccc7c65)c4c3)n2)cc1. The number of para-hydroxylation sites is 3. The molecule has 0 bridgehead atoms. The second-order valence-corrected chi connectivity index (χ2v) is 12.8. The average molecular weight is 655 g/mol. The molecule has 0 saturated carbocycles. The van der Waals surface area contributed by atoms with E-state index < -0.39 is 0 Å². The number of aromatic nitrogens is 4. The van der Waals surface area contributed by atoms with Gasteiger partial charge in [0.15, 0.2) is 23.1 Å². The molecule has 238 valence electrons. The molecule has 0 spiro atoms. The molecule has 4 heterocycles. The fourth-order valence-corrected chi connectivity index (χ4v) is 7.54. The van der Waals surface area contributed by atoms with Crippen molar-refractivity contribution in [3.63, 3.8) is 0 Å². The van der Waals surface area contributed by atoms with Crippen LogP contribution in [0.25, 0.3) is 106 Å². The molecule has 0 saturated heterocycles. The Morgan fingerprint density at radius 3 is 1.59 bits per heavy atom. The predicted molar refractivity (Wildman–Crippen MR) is 205 cm³/mol. The number of hydrogen-bond acceptors (Lipinski definition) is 5. The molecule has 51 heavy (non-hydrogen) atoms. The lowest BCUT2D eigenvalue weighted by Gasteiger charge is -2.08. The van der Waals surface area contributed by atoms with Crippen LogP contribution in [0.4, 0.5) is 0 Å². The largest absolute Gasteiger partial charge is 0.455 e. The van der Waals surface area contributed by atoms with Crippen LogP contribution in [0.2, 0.25) is 0 Å². The first kappa shape index (κ1) is 27.9. The molecule has 0 aliphatic carbocycles. The lowest BCUT2D eigenvalue weighted by atomic mass is 10.1. The molecule has 6 heteroatoms. The van der Waals surface area contributed by atoms with E-state index in [1.165, 1.54) is 10.8 Å². The third kappa shape index (κ3) is 4.20. The third-order valence-electron chi connectivity index (χ3n) is 9.86. The second kappa shape index (κ2) is 10.7. The highest BCUT2D eigenvalue weighted by Gasteiger charge is 2.21. The van der Waals surface area contributed by atoms with Crippen molar-refractivity contribution in [3.05, 3.63) is 158 Å². The van der Waals surface area contributed by atoms with Crippen molar-refractivity contribution >= 4 is 65.7 Å². The van der Waals surface area contributed by atoms with Gasteiger partial charge in [0, 0.05) is 43.6 Å². The zero-order valence-corrected chi connectivity index (χ0v) is 27.1. The van der Waals surface area contributed by atoms with Crippen LogP contribution in [0.3, 0.4) is 0 Å². The van der Waals surface area contributed by atoms with Gasteiger partial charge in [0.1, 0.15) is 16.7 Å². The molecule has 11 aromatic rings. The van der Waals surface area contributed by atoms with Crippen LogP contribution in [-0.4, -0.2) is 19.5 Å². The minimum Gasteiger partial charge on any atom is -0.455 e. The fourth-order valence-electron chi connectivity index (χ4n) is 7.54. The van der Waals surface area contributed by atoms with E-state index >= 15 is 0 Å². The molecular weight excluding hydrogens is 629 g/mol. The highest BCUT2D eigenvalue weighted by molar-refractivity contribution is 6.23. The maximum atomic E-state index is 6.71. The molecule has 0 amide bonds. The van der Waals surface area contributed by atoms with Crippen molar-refractivity contribution in [2.75, 3.05) is 0 Å². The molecule has 4 aromatic heterocycles. The van der Waals surface area contributed by atoms with Crippen molar-refractivity contribution in [1.29, 1.82) is 0 Å². The van der Waals surface area contributed by atoms with Gasteiger partial charge < -0.3 is 13.4 Å². The Balaban J connectivity index is 1.12. The van der Waals surface area contributed by atoms with Crippen LogP contribution in [-0.2, 0) is 0 Å². The Bertz CT molecular complexity index is 3030. The number of hydrogen-bond donors (Lipinski definition) is 0. The predicted octanol–water partition coefficient (Wildman–Crippen LogP) is 11.8. The summed E-state index contributed by atoms with van der Waals surface area (Å²) in [6.45, 7) is 0. The van der Waals surface area contributed by atoms with Crippen LogP contribution < -0.4 is 0 Å². The van der Waals surface area contributed by atoms with Crippen LogP contribution in [0.5, 0.6) is 0 Å². The van der Waals surface area contributed by atoms with Crippen LogP contribution in [0, 0.1) is 0 Å². The molecule has 7 aromatic carbocycles. The van der Waals surface area contributed by atoms with Gasteiger partial charge in [-0.1, -0.05) is 109 Å². The molecule has 11 rings (SSSR count). The summed E-state index contributed by atoms with van der Waals surface area (Å²) in [7, 11) is 0. The van der Waals surface area contributed by atoms with Gasteiger partial charge in [0.2, 0.25) is 0 Å². The van der Waals surface area contributed by atoms with Crippen molar-refractivity contribution in [2.24, 2.45) is 0 Å². The van der Waals surface area contributed by atoms with E-state index in [0.717, 1.165) is 77.3 Å². The standard InChI is InChI=1S/C45H26N4O2/c1-3-12-27(13-4-1)43-46-44(28-14-5-2-6-15-28)48-45(47-43)29-22-24-38-34(26-29)32-23-25-39-40(42(32)50-38)33-18-11-21-37(41(33)51-39)49-35-19-9-7-16-30(35)31-17-8-10-20-36(31)49/h1-26H. The molecule has 0 N–H and O–H groups in total. The summed E-state index contributed by atoms with van der Waals surface area (Å²) in [5.74, 6) is 1.86. The summed E-state index contributed by atoms with van der Waals surface area (Å²) >= 11 is 0. The molecule has 0 atom stereocenters. The second-order valence-electron chi connectivity index (χ2n) is 12.8. The van der Waals surface area contributed by atoms with E-state index in [0.29, 0.717) is 17.5 Å². The highest BCUT2D eigenvalue weighted by Crippen LogP contribution is 2.43. The van der Waals surface area contributed by atoms with Crippen LogP contribution in [0.1, 0.15) is 0 Å². The zero-order chi connectivity index (χ0) is 33.5. The summed E-state index contributed by atoms with van der Waals surface area (Å²) in [6.07, 6.45) is 0. The Kier molecular flexibility index (Phi) is 5.86. The van der Waals surface area contributed by atoms with E-state index in [4.69, 9.17) is 23.8 Å². The van der Waals surface area contributed by atoms with E-state index in [1.807, 2.05) is 72.8 Å². The van der Waals surface area contributed by atoms with Gasteiger partial charge >= 0.3 is 0 Å². The molecule has 0 unspecified atom stereocenters. The summed E-state index contributed by atoms with van der Waals surface area (Å²) in [4.78, 5) is 14.8. The molecular formula is C45H26N4O2. The van der Waals surface area contributed by atoms with E-state index in [-0.39, 0.29) is 0 Å². The first-order chi connectivity index (χ1) is 25.3. The van der Waals surface area contributed by atoms with Crippen molar-refractivity contribution in [1.82, 2.24) is 19.5 Å². The fraction of sp³-hybridized carbons (Fsp3) is 0. The molecule has 0 radical (unpaired) electrons. The normalized spacial score (nSPS) is 11.9. The van der Waals surface area contributed by atoms with Gasteiger partial charge in [0.05, 0.1) is 22.1 Å². The summed E-state index contributed by atoms with van der Waals surface area (Å²) < 4.78 is 15.7. The van der Waals surface area contributed by atoms with Crippen LogP contribution >= 0.6 is 0 Å². The Morgan fingerprint density at radius 2 is 0.922 bits per heavy atom. The van der Waals surface area contributed by atoms with Crippen molar-refractivity contribution in [3.8, 4) is 39.9 Å². The van der Waals surface area contributed by atoms with Gasteiger partial charge in [-0.3, -0.25) is 0 Å². The topological polar surface area (TPSA) is 69.9 Å². The number of fused-ring (bicyclic) bond motifs is 10. The first-order valence-corrected chi connectivity index (χ1v) is 16.9. The number of benzene rings is 7. The lowest BCUT2D eigenvalue weighted by molar-refractivity contribution is 0.661. The third-order valence-corrected chi connectivity index (χ3v) is 9.86. The lowest BCUT2D eigenvalue weighted by Crippen LogP contribution is -2.00. The minimum atomic E-state index is 0.601. The maximum Gasteiger partial charge on any atom is 0.164 e. The smallest absolute Gasteiger partial charge is 0.164 e. The van der Waals surface area contributed by atoms with Crippen LogP contribution in [0.15, 0.2) is 167 Å². The summed E-state index contributed by atoms with van der Waals surface area (Å²) in [6, 6.07) is 53.8. The molecule has 6 nitrogen and oxygen atoms in total. The molecule has 0 aliphatic rings. The van der Waals surface area contributed by atoms with E-state index in [2.05, 4.69) is 89.5 Å². The zero-order valence-electron chi connectivity index (χ0n) is 27.1. The minimum absolute atomic E-state index is 0.601. The summed E-state index contributed by atoms with van der Waals surface area (Å²) in [5.41, 5.74) is 9.19. The Morgan fingerprint density at radius 1 is 0.373 bits per heavy atom. The average Bonchev–Trinajstić information content (AvgIpc) is 3.88. The quantitative estimate of drug-likeness (QED) is 0.189. The first-order valence-electron chi connectivity index (χ1n) is 16.9. The monoisotopic (exact) mass is 654 g/mol. The molecule has 0 fully saturated rings. The van der Waals surface area contributed by atoms with Gasteiger partial charge in [-0.15, -0.1) is 0 Å². The number of nitrogens with zero attached hydrogens (tertiary/aromatic N) is 4. The summed E-state index contributed by atoms with van der Waals surface area (Å²) in [5, 5.41) is 6.38. The van der Waals surface area contributed by atoms with Crippen molar-refractivity contribution in [2.45, 2.75) is 0 Å². The maximum absolute atomic E-state index is 6.71.